The van der Waals surface area contributed by atoms with Crippen LogP contribution in [0.1, 0.15) is 22.3 Å². The van der Waals surface area contributed by atoms with E-state index in [-0.39, 0.29) is 0 Å². The Morgan fingerprint density at radius 2 is 0.909 bits per heavy atom. The minimum atomic E-state index is -0.485. The molecule has 0 N–H and O–H groups in total. The third kappa shape index (κ3) is 6.05. The highest BCUT2D eigenvalue weighted by Crippen LogP contribution is 2.56. The van der Waals surface area contributed by atoms with Gasteiger partial charge in [-0.25, -0.2) is 9.97 Å². The molecule has 13 rings (SSSR count). The number of hydrogen-bond donors (Lipinski definition) is 0. The number of para-hydroxylation sites is 2. The quantitative estimate of drug-likeness (QED) is 0.160. The molecule has 1 aliphatic carbocycles. The number of aromatic nitrogens is 2. The van der Waals surface area contributed by atoms with E-state index in [0.29, 0.717) is 5.82 Å². The molecule has 3 nitrogen and oxygen atoms in total. The van der Waals surface area contributed by atoms with Crippen molar-refractivity contribution in [1.29, 1.82) is 0 Å². The third-order valence-corrected chi connectivity index (χ3v) is 13.5. The molecule has 10 aromatic carbocycles. The number of furan rings is 1. The first kappa shape index (κ1) is 37.9. The summed E-state index contributed by atoms with van der Waals surface area (Å²) in [5, 5.41) is 4.60. The van der Waals surface area contributed by atoms with Crippen LogP contribution in [0, 0.1) is 0 Å². The van der Waals surface area contributed by atoms with E-state index in [1.807, 2.05) is 18.2 Å². The van der Waals surface area contributed by atoms with Crippen LogP contribution in [-0.4, -0.2) is 9.97 Å². The van der Waals surface area contributed by atoms with Crippen LogP contribution in [-0.2, 0) is 5.41 Å². The van der Waals surface area contributed by atoms with E-state index in [1.165, 1.54) is 44.2 Å². The second kappa shape index (κ2) is 15.3. The van der Waals surface area contributed by atoms with E-state index >= 15 is 0 Å². The van der Waals surface area contributed by atoms with Crippen molar-refractivity contribution in [2.75, 3.05) is 0 Å². The number of rotatable bonds is 7. The molecule has 0 aliphatic heterocycles. The zero-order chi connectivity index (χ0) is 43.6. The third-order valence-electron chi connectivity index (χ3n) is 13.5. The van der Waals surface area contributed by atoms with E-state index in [4.69, 9.17) is 14.4 Å². The molecule has 12 aromatic rings. The van der Waals surface area contributed by atoms with Crippen LogP contribution in [0.3, 0.4) is 0 Å². The summed E-state index contributed by atoms with van der Waals surface area (Å²) in [6.07, 6.45) is 0. The molecule has 0 amide bonds. The van der Waals surface area contributed by atoms with Gasteiger partial charge >= 0.3 is 0 Å². The van der Waals surface area contributed by atoms with Crippen LogP contribution < -0.4 is 0 Å². The minimum absolute atomic E-state index is 0.485. The first-order valence-corrected chi connectivity index (χ1v) is 22.5. The molecular formula is C63H40N2O. The Morgan fingerprint density at radius 3 is 1.71 bits per heavy atom. The molecule has 66 heavy (non-hydrogen) atoms. The second-order valence-corrected chi connectivity index (χ2v) is 17.3. The first-order valence-electron chi connectivity index (χ1n) is 22.5. The Hall–Kier alpha value is -8.66. The average Bonchev–Trinajstić information content (AvgIpc) is 3.93. The second-order valence-electron chi connectivity index (χ2n) is 17.3. The summed E-state index contributed by atoms with van der Waals surface area (Å²) < 4.78 is 6.65. The standard InChI is InChI=1S/C63H40N2O/c1-4-18-42(19-5-1)62-64-58(45-33-34-57-55(39-45)52-25-12-14-29-56(52)63(57,49-21-6-2-7-22-49)50-23-8-3-9-24-50)40-59(65-62)48-37-46(44-32-31-41-17-10-11-20-43(41)35-44)36-47(38-48)51-27-16-28-54-53-26-13-15-30-60(53)66-61(51)54/h1-40H. The molecule has 0 saturated heterocycles. The van der Waals surface area contributed by atoms with Gasteiger partial charge in [0.1, 0.15) is 11.2 Å². The van der Waals surface area contributed by atoms with Crippen molar-refractivity contribution < 1.29 is 4.42 Å². The Balaban J connectivity index is 1.04. The minimum Gasteiger partial charge on any atom is -0.455 e. The molecule has 0 unspecified atom stereocenters. The van der Waals surface area contributed by atoms with Crippen LogP contribution >= 0.6 is 0 Å². The summed E-state index contributed by atoms with van der Waals surface area (Å²) in [6.45, 7) is 0. The number of nitrogens with zero attached hydrogens (tertiary/aromatic N) is 2. The van der Waals surface area contributed by atoms with Gasteiger partial charge in [0, 0.05) is 33.0 Å². The predicted octanol–water partition coefficient (Wildman–Crippen LogP) is 16.2. The van der Waals surface area contributed by atoms with E-state index in [0.717, 1.165) is 72.3 Å². The van der Waals surface area contributed by atoms with Gasteiger partial charge in [0.2, 0.25) is 0 Å². The van der Waals surface area contributed by atoms with Crippen molar-refractivity contribution in [2.45, 2.75) is 5.41 Å². The Bertz CT molecular complexity index is 3780. The zero-order valence-corrected chi connectivity index (χ0v) is 35.9. The van der Waals surface area contributed by atoms with E-state index in [2.05, 4.69) is 224 Å². The molecule has 0 fully saturated rings. The molecule has 3 heteroatoms. The van der Waals surface area contributed by atoms with Crippen LogP contribution in [0.4, 0.5) is 0 Å². The maximum Gasteiger partial charge on any atom is 0.160 e. The van der Waals surface area contributed by atoms with Gasteiger partial charge in [0.25, 0.3) is 0 Å². The van der Waals surface area contributed by atoms with Gasteiger partial charge in [-0.05, 0) is 103 Å². The molecule has 2 heterocycles. The fourth-order valence-electron chi connectivity index (χ4n) is 10.5. The topological polar surface area (TPSA) is 38.9 Å². The molecule has 1 aliphatic rings. The summed E-state index contributed by atoms with van der Waals surface area (Å²) in [6, 6.07) is 87.1. The zero-order valence-electron chi connectivity index (χ0n) is 35.9. The van der Waals surface area contributed by atoms with Gasteiger partial charge in [-0.1, -0.05) is 200 Å². The smallest absolute Gasteiger partial charge is 0.160 e. The summed E-state index contributed by atoms with van der Waals surface area (Å²) in [5.74, 6) is 0.670. The van der Waals surface area contributed by atoms with Crippen LogP contribution in [0.25, 0.3) is 100.0 Å². The monoisotopic (exact) mass is 840 g/mol. The lowest BCUT2D eigenvalue weighted by Gasteiger charge is -2.33. The highest BCUT2D eigenvalue weighted by Gasteiger charge is 2.46. The number of fused-ring (bicyclic) bond motifs is 7. The molecule has 0 bridgehead atoms. The summed E-state index contributed by atoms with van der Waals surface area (Å²) in [7, 11) is 0. The summed E-state index contributed by atoms with van der Waals surface area (Å²) in [4.78, 5) is 10.8. The van der Waals surface area contributed by atoms with Crippen LogP contribution in [0.5, 0.6) is 0 Å². The summed E-state index contributed by atoms with van der Waals surface area (Å²) in [5.41, 5.74) is 17.7. The Labute approximate surface area is 383 Å². The van der Waals surface area contributed by atoms with Crippen molar-refractivity contribution in [1.82, 2.24) is 9.97 Å². The Morgan fingerprint density at radius 1 is 0.318 bits per heavy atom. The van der Waals surface area contributed by atoms with E-state index in [1.54, 1.807) is 0 Å². The molecule has 0 spiro atoms. The van der Waals surface area contributed by atoms with Gasteiger partial charge in [-0.3, -0.25) is 0 Å². The molecule has 0 saturated carbocycles. The van der Waals surface area contributed by atoms with Crippen molar-refractivity contribution in [2.24, 2.45) is 0 Å². The molecule has 2 aromatic heterocycles. The number of benzene rings is 10. The van der Waals surface area contributed by atoms with Crippen molar-refractivity contribution in [3.63, 3.8) is 0 Å². The predicted molar refractivity (Wildman–Crippen MR) is 271 cm³/mol. The molecule has 0 atom stereocenters. The molecular weight excluding hydrogens is 801 g/mol. The summed E-state index contributed by atoms with van der Waals surface area (Å²) >= 11 is 0. The Kier molecular flexibility index (Phi) is 8.75. The average molecular weight is 841 g/mol. The molecule has 308 valence electrons. The van der Waals surface area contributed by atoms with Gasteiger partial charge in [0.15, 0.2) is 5.82 Å². The largest absolute Gasteiger partial charge is 0.455 e. The lowest BCUT2D eigenvalue weighted by Crippen LogP contribution is -2.28. The maximum atomic E-state index is 6.65. The lowest BCUT2D eigenvalue weighted by atomic mass is 9.67. The van der Waals surface area contributed by atoms with Gasteiger partial charge in [0.05, 0.1) is 16.8 Å². The van der Waals surface area contributed by atoms with Gasteiger partial charge < -0.3 is 4.42 Å². The van der Waals surface area contributed by atoms with E-state index < -0.39 is 5.41 Å². The van der Waals surface area contributed by atoms with Crippen LogP contribution in [0.2, 0.25) is 0 Å². The normalized spacial score (nSPS) is 12.7. The van der Waals surface area contributed by atoms with Crippen molar-refractivity contribution in [3.05, 3.63) is 265 Å². The van der Waals surface area contributed by atoms with Crippen LogP contribution in [0.15, 0.2) is 247 Å². The number of hydrogen-bond acceptors (Lipinski definition) is 3. The fraction of sp³-hybridized carbons (Fsp3) is 0.0159. The first-order chi connectivity index (χ1) is 32.7. The highest BCUT2D eigenvalue weighted by atomic mass is 16.3. The SMILES string of the molecule is c1ccc(-c2nc(-c3cc(-c4ccc5ccccc5c4)cc(-c4cccc5c4oc4ccccc45)c3)cc(-c3ccc4c(c3)-c3ccccc3C4(c3ccccc3)c3ccccc3)n2)cc1. The van der Waals surface area contributed by atoms with Gasteiger partial charge in [-0.15, -0.1) is 0 Å². The van der Waals surface area contributed by atoms with Gasteiger partial charge in [-0.2, -0.15) is 0 Å². The van der Waals surface area contributed by atoms with Crippen molar-refractivity contribution >= 4 is 32.7 Å². The maximum absolute atomic E-state index is 6.65. The molecule has 0 radical (unpaired) electrons. The van der Waals surface area contributed by atoms with Crippen molar-refractivity contribution in [3.8, 4) is 67.3 Å². The highest BCUT2D eigenvalue weighted by molar-refractivity contribution is 6.10. The van der Waals surface area contributed by atoms with E-state index in [9.17, 15) is 0 Å². The fourth-order valence-corrected chi connectivity index (χ4v) is 10.5. The lowest BCUT2D eigenvalue weighted by molar-refractivity contribution is 0.670.